The summed E-state index contributed by atoms with van der Waals surface area (Å²) in [6.45, 7) is 2.16. The van der Waals surface area contributed by atoms with Gasteiger partial charge in [0, 0.05) is 21.7 Å². The fourth-order valence-electron chi connectivity index (χ4n) is 2.18. The fourth-order valence-corrected chi connectivity index (χ4v) is 3.64. The van der Waals surface area contributed by atoms with Crippen LogP contribution in [0, 0.1) is 0 Å². The second-order valence-corrected chi connectivity index (χ2v) is 7.00. The van der Waals surface area contributed by atoms with Gasteiger partial charge in [0.1, 0.15) is 0 Å². The lowest BCUT2D eigenvalue weighted by molar-refractivity contribution is 0.675. The van der Waals surface area contributed by atoms with Gasteiger partial charge < -0.3 is 5.73 Å². The first-order valence-corrected chi connectivity index (χ1v) is 8.78. The molecule has 2 N–H and O–H groups in total. The molecule has 0 aliphatic carbocycles. The molecule has 21 heavy (non-hydrogen) atoms. The van der Waals surface area contributed by atoms with E-state index in [1.165, 1.54) is 5.56 Å². The summed E-state index contributed by atoms with van der Waals surface area (Å²) in [7, 11) is -1.14. The van der Waals surface area contributed by atoms with Crippen molar-refractivity contribution in [2.75, 3.05) is 5.75 Å². The minimum absolute atomic E-state index is 0.236. The Hall–Kier alpha value is -1.16. The third kappa shape index (κ3) is 4.67. The molecule has 2 atom stereocenters. The van der Waals surface area contributed by atoms with Gasteiger partial charge in [0.05, 0.1) is 10.8 Å². The Labute approximate surface area is 133 Å². The molecule has 2 aromatic carbocycles. The molecule has 0 fully saturated rings. The first-order valence-electron chi connectivity index (χ1n) is 7.08. The first-order chi connectivity index (χ1) is 10.1. The second-order valence-electron chi connectivity index (χ2n) is 5.07. The van der Waals surface area contributed by atoms with E-state index in [1.54, 1.807) is 18.2 Å². The largest absolute Gasteiger partial charge is 0.323 e. The van der Waals surface area contributed by atoms with Crippen LogP contribution in [0.1, 0.15) is 30.5 Å². The van der Waals surface area contributed by atoms with Crippen LogP contribution in [0.25, 0.3) is 0 Å². The van der Waals surface area contributed by atoms with Crippen molar-refractivity contribution in [3.8, 4) is 0 Å². The summed E-state index contributed by atoms with van der Waals surface area (Å²) in [6.07, 6.45) is 2.20. The van der Waals surface area contributed by atoms with E-state index in [2.05, 4.69) is 19.1 Å². The summed E-state index contributed by atoms with van der Waals surface area (Å²) < 4.78 is 12.3. The third-order valence-electron chi connectivity index (χ3n) is 3.34. The number of aryl methyl sites for hydroxylation is 1. The molecule has 2 nitrogen and oxygen atoms in total. The van der Waals surface area contributed by atoms with Crippen molar-refractivity contribution in [3.05, 3.63) is 64.7 Å². The normalized spacial score (nSPS) is 13.9. The topological polar surface area (TPSA) is 43.1 Å². The van der Waals surface area contributed by atoms with Crippen molar-refractivity contribution < 1.29 is 4.21 Å². The summed E-state index contributed by atoms with van der Waals surface area (Å²) in [5, 5.41) is 0.596. The van der Waals surface area contributed by atoms with E-state index in [4.69, 9.17) is 17.3 Å². The molecule has 2 rings (SSSR count). The average molecular weight is 322 g/mol. The second kappa shape index (κ2) is 7.74. The van der Waals surface area contributed by atoms with E-state index in [0.29, 0.717) is 10.8 Å². The van der Waals surface area contributed by atoms with E-state index in [9.17, 15) is 4.21 Å². The molecule has 112 valence electrons. The summed E-state index contributed by atoms with van der Waals surface area (Å²) in [5.74, 6) is 0.396. The van der Waals surface area contributed by atoms with Crippen molar-refractivity contribution in [2.24, 2.45) is 5.73 Å². The van der Waals surface area contributed by atoms with Crippen molar-refractivity contribution in [1.82, 2.24) is 0 Å². The van der Waals surface area contributed by atoms with Crippen LogP contribution >= 0.6 is 11.6 Å². The predicted molar refractivity (Wildman–Crippen MR) is 90.1 cm³/mol. The monoisotopic (exact) mass is 321 g/mol. The summed E-state index contributed by atoms with van der Waals surface area (Å²) >= 11 is 5.92. The van der Waals surface area contributed by atoms with Crippen molar-refractivity contribution >= 4 is 22.4 Å². The van der Waals surface area contributed by atoms with Gasteiger partial charge in [-0.3, -0.25) is 4.21 Å². The zero-order chi connectivity index (χ0) is 15.2. The quantitative estimate of drug-likeness (QED) is 0.870. The van der Waals surface area contributed by atoms with Crippen LogP contribution in [-0.4, -0.2) is 9.96 Å². The maximum atomic E-state index is 12.3. The lowest BCUT2D eigenvalue weighted by atomic mass is 10.0. The lowest BCUT2D eigenvalue weighted by Crippen LogP contribution is -2.18. The molecule has 0 aromatic heterocycles. The SMILES string of the molecule is CCCc1ccc(C(N)CS(=O)c2cccc(Cl)c2)cc1. The van der Waals surface area contributed by atoms with Crippen molar-refractivity contribution in [2.45, 2.75) is 30.7 Å². The number of nitrogens with two attached hydrogens (primary N) is 1. The predicted octanol–water partition coefficient (Wildman–Crippen LogP) is 4.10. The van der Waals surface area contributed by atoms with Gasteiger partial charge in [0.2, 0.25) is 0 Å². The zero-order valence-corrected chi connectivity index (χ0v) is 13.7. The number of halogens is 1. The molecule has 0 amide bonds. The van der Waals surface area contributed by atoms with Gasteiger partial charge in [-0.2, -0.15) is 0 Å². The van der Waals surface area contributed by atoms with Crippen LogP contribution in [0.2, 0.25) is 5.02 Å². The summed E-state index contributed by atoms with van der Waals surface area (Å²) in [5.41, 5.74) is 8.50. The van der Waals surface area contributed by atoms with Gasteiger partial charge in [-0.15, -0.1) is 0 Å². The van der Waals surface area contributed by atoms with Crippen molar-refractivity contribution in [3.63, 3.8) is 0 Å². The average Bonchev–Trinajstić information content (AvgIpc) is 2.48. The van der Waals surface area contributed by atoms with Crippen LogP contribution in [0.4, 0.5) is 0 Å². The maximum absolute atomic E-state index is 12.3. The minimum atomic E-state index is -1.14. The Kier molecular flexibility index (Phi) is 5.97. The molecular formula is C17H20ClNOS. The number of rotatable bonds is 6. The highest BCUT2D eigenvalue weighted by molar-refractivity contribution is 7.85. The van der Waals surface area contributed by atoms with Crippen LogP contribution < -0.4 is 5.73 Å². The van der Waals surface area contributed by atoms with Gasteiger partial charge in [-0.05, 0) is 35.7 Å². The Bertz CT molecular complexity index is 612. The smallest absolute Gasteiger partial charge is 0.0549 e. The first kappa shape index (κ1) is 16.2. The Morgan fingerprint density at radius 1 is 1.19 bits per heavy atom. The summed E-state index contributed by atoms with van der Waals surface area (Å²) in [4.78, 5) is 0.723. The molecule has 0 aliphatic rings. The van der Waals surface area contributed by atoms with E-state index >= 15 is 0 Å². The van der Waals surface area contributed by atoms with E-state index in [0.717, 1.165) is 23.3 Å². The van der Waals surface area contributed by atoms with E-state index < -0.39 is 10.8 Å². The standard InChI is InChI=1S/C17H20ClNOS/c1-2-4-13-7-9-14(10-8-13)17(19)12-21(20)16-6-3-5-15(18)11-16/h3,5-11,17H,2,4,12,19H2,1H3. The fraction of sp³-hybridized carbons (Fsp3) is 0.294. The number of hydrogen-bond donors (Lipinski definition) is 1. The highest BCUT2D eigenvalue weighted by Crippen LogP contribution is 2.19. The molecule has 0 saturated heterocycles. The molecule has 0 heterocycles. The highest BCUT2D eigenvalue weighted by Gasteiger charge is 2.12. The molecule has 0 spiro atoms. The van der Waals surface area contributed by atoms with Gasteiger partial charge >= 0.3 is 0 Å². The molecule has 0 bridgehead atoms. The van der Waals surface area contributed by atoms with Crippen molar-refractivity contribution in [1.29, 1.82) is 0 Å². The van der Waals surface area contributed by atoms with Gasteiger partial charge in [-0.1, -0.05) is 55.3 Å². The van der Waals surface area contributed by atoms with Crippen LogP contribution in [0.3, 0.4) is 0 Å². The number of hydrogen-bond acceptors (Lipinski definition) is 2. The zero-order valence-electron chi connectivity index (χ0n) is 12.1. The maximum Gasteiger partial charge on any atom is 0.0549 e. The van der Waals surface area contributed by atoms with Gasteiger partial charge in [0.25, 0.3) is 0 Å². The summed E-state index contributed by atoms with van der Waals surface area (Å²) in [6, 6.07) is 15.2. The molecule has 2 unspecified atom stereocenters. The Morgan fingerprint density at radius 2 is 1.90 bits per heavy atom. The van der Waals surface area contributed by atoms with Crippen LogP contribution in [0.5, 0.6) is 0 Å². The Balaban J connectivity index is 2.03. The lowest BCUT2D eigenvalue weighted by Gasteiger charge is -2.12. The number of benzene rings is 2. The third-order valence-corrected chi connectivity index (χ3v) is 5.01. The molecule has 0 radical (unpaired) electrons. The molecule has 4 heteroatoms. The Morgan fingerprint density at radius 3 is 2.52 bits per heavy atom. The highest BCUT2D eigenvalue weighted by atomic mass is 35.5. The van der Waals surface area contributed by atoms with Crippen LogP contribution in [0.15, 0.2) is 53.4 Å². The van der Waals surface area contributed by atoms with Gasteiger partial charge in [-0.25, -0.2) is 0 Å². The minimum Gasteiger partial charge on any atom is -0.323 e. The molecule has 0 saturated carbocycles. The van der Waals surface area contributed by atoms with Gasteiger partial charge in [0.15, 0.2) is 0 Å². The molecule has 0 aliphatic heterocycles. The van der Waals surface area contributed by atoms with Crippen LogP contribution in [-0.2, 0) is 17.2 Å². The molecular weight excluding hydrogens is 302 g/mol. The van der Waals surface area contributed by atoms with E-state index in [1.807, 2.05) is 18.2 Å². The van der Waals surface area contributed by atoms with E-state index in [-0.39, 0.29) is 6.04 Å². The molecule has 2 aromatic rings.